The lowest BCUT2D eigenvalue weighted by molar-refractivity contribution is -0.0829. The van der Waals surface area contributed by atoms with Gasteiger partial charge in [-0.3, -0.25) is 4.99 Å². The molecule has 0 aliphatic carbocycles. The highest BCUT2D eigenvalue weighted by Gasteiger charge is 2.32. The van der Waals surface area contributed by atoms with Gasteiger partial charge in [0.15, 0.2) is 5.96 Å². The van der Waals surface area contributed by atoms with Gasteiger partial charge in [0.2, 0.25) is 0 Å². The number of nitrogens with one attached hydrogen (secondary N) is 1. The highest BCUT2D eigenvalue weighted by atomic mass is 127. The Balaban J connectivity index is 0.00000392. The van der Waals surface area contributed by atoms with E-state index in [1.54, 1.807) is 14.2 Å². The Morgan fingerprint density at radius 3 is 2.39 bits per heavy atom. The van der Waals surface area contributed by atoms with E-state index < -0.39 is 0 Å². The number of hydrogen-bond acceptors (Lipinski definition) is 5. The normalized spacial score (nSPS) is 16.1. The Kier molecular flexibility index (Phi) is 11.6. The molecule has 2 rings (SSSR count). The monoisotopic (exact) mass is 507 g/mol. The summed E-state index contributed by atoms with van der Waals surface area (Å²) in [6.45, 7) is 6.25. The van der Waals surface area contributed by atoms with E-state index in [2.05, 4.69) is 17.1 Å². The summed E-state index contributed by atoms with van der Waals surface area (Å²) in [5, 5.41) is 3.34. The topological polar surface area (TPSA) is 64.6 Å². The zero-order valence-electron chi connectivity index (χ0n) is 17.4. The maximum atomic E-state index is 5.82. The van der Waals surface area contributed by atoms with Crippen LogP contribution >= 0.6 is 24.0 Å². The van der Waals surface area contributed by atoms with Crippen molar-refractivity contribution in [1.29, 1.82) is 0 Å². The molecule has 0 radical (unpaired) electrons. The predicted octanol–water partition coefficient (Wildman–Crippen LogP) is 2.78. The summed E-state index contributed by atoms with van der Waals surface area (Å²) in [6.07, 6.45) is 1.74. The molecular formula is C20H34IN3O4. The maximum Gasteiger partial charge on any atom is 0.193 e. The van der Waals surface area contributed by atoms with Crippen LogP contribution in [-0.4, -0.2) is 77.2 Å². The number of guanidine groups is 1. The van der Waals surface area contributed by atoms with E-state index in [1.165, 1.54) is 0 Å². The largest absolute Gasteiger partial charge is 0.497 e. The number of nitrogens with zero attached hydrogens (tertiary/aromatic N) is 2. The minimum Gasteiger partial charge on any atom is -0.497 e. The summed E-state index contributed by atoms with van der Waals surface area (Å²) in [7, 11) is 5.43. The lowest BCUT2D eigenvalue weighted by Gasteiger charge is -2.35. The van der Waals surface area contributed by atoms with Crippen molar-refractivity contribution in [2.24, 2.45) is 4.99 Å². The van der Waals surface area contributed by atoms with Crippen LogP contribution in [-0.2, 0) is 9.47 Å². The van der Waals surface area contributed by atoms with Crippen molar-refractivity contribution in [3.8, 4) is 11.5 Å². The Morgan fingerprint density at radius 2 is 1.82 bits per heavy atom. The molecular weight excluding hydrogens is 473 g/mol. The van der Waals surface area contributed by atoms with E-state index in [0.717, 1.165) is 56.6 Å². The van der Waals surface area contributed by atoms with Crippen LogP contribution in [0.5, 0.6) is 11.5 Å². The van der Waals surface area contributed by atoms with Gasteiger partial charge < -0.3 is 29.2 Å². The van der Waals surface area contributed by atoms with Gasteiger partial charge in [-0.25, -0.2) is 0 Å². The fourth-order valence-electron chi connectivity index (χ4n) is 2.94. The quantitative estimate of drug-likeness (QED) is 0.315. The van der Waals surface area contributed by atoms with Crippen LogP contribution in [0.2, 0.25) is 0 Å². The summed E-state index contributed by atoms with van der Waals surface area (Å²) < 4.78 is 22.2. The average molecular weight is 507 g/mol. The molecule has 1 saturated heterocycles. The summed E-state index contributed by atoms with van der Waals surface area (Å²) in [5.74, 6) is 2.51. The van der Waals surface area contributed by atoms with Crippen LogP contribution in [0.15, 0.2) is 29.3 Å². The molecule has 0 saturated carbocycles. The summed E-state index contributed by atoms with van der Waals surface area (Å²) in [5.41, 5.74) is -0.223. The van der Waals surface area contributed by atoms with Gasteiger partial charge in [-0.15, -0.1) is 24.0 Å². The summed E-state index contributed by atoms with van der Waals surface area (Å²) in [4.78, 5) is 6.89. The Bertz CT molecular complexity index is 577. The second-order valence-corrected chi connectivity index (χ2v) is 6.62. The van der Waals surface area contributed by atoms with Gasteiger partial charge in [0.25, 0.3) is 0 Å². The second-order valence-electron chi connectivity index (χ2n) is 6.62. The van der Waals surface area contributed by atoms with Crippen LogP contribution < -0.4 is 14.8 Å². The predicted molar refractivity (Wildman–Crippen MR) is 122 cm³/mol. The first-order valence-electron chi connectivity index (χ1n) is 9.51. The van der Waals surface area contributed by atoms with E-state index in [0.29, 0.717) is 13.2 Å². The van der Waals surface area contributed by atoms with Gasteiger partial charge in [-0.2, -0.15) is 0 Å². The molecule has 1 heterocycles. The highest BCUT2D eigenvalue weighted by Crippen LogP contribution is 2.24. The SMILES string of the molecule is CCNC(=NCC1(OC)CCOCC1)N(C)CCOc1ccc(OC)cc1.I. The fourth-order valence-corrected chi connectivity index (χ4v) is 2.94. The van der Waals surface area contributed by atoms with E-state index in [1.807, 2.05) is 31.3 Å². The molecule has 1 aliphatic heterocycles. The van der Waals surface area contributed by atoms with Crippen molar-refractivity contribution in [1.82, 2.24) is 10.2 Å². The molecule has 0 unspecified atom stereocenters. The van der Waals surface area contributed by atoms with Gasteiger partial charge in [0, 0.05) is 46.8 Å². The van der Waals surface area contributed by atoms with Crippen molar-refractivity contribution in [3.05, 3.63) is 24.3 Å². The smallest absolute Gasteiger partial charge is 0.193 e. The zero-order chi connectivity index (χ0) is 19.5. The van der Waals surface area contributed by atoms with Crippen LogP contribution in [0.1, 0.15) is 19.8 Å². The molecule has 0 amide bonds. The number of halogens is 1. The summed E-state index contributed by atoms with van der Waals surface area (Å²) >= 11 is 0. The first-order valence-corrected chi connectivity index (χ1v) is 9.51. The second kappa shape index (κ2) is 13.1. The molecule has 160 valence electrons. The standard InChI is InChI=1S/C20H33N3O4.HI/c1-5-21-19(22-16-20(25-4)10-13-26-14-11-20)23(2)12-15-27-18-8-6-17(24-3)7-9-18;/h6-9H,5,10-16H2,1-4H3,(H,21,22);1H. The number of benzene rings is 1. The van der Waals surface area contributed by atoms with Gasteiger partial charge in [-0.05, 0) is 31.2 Å². The zero-order valence-corrected chi connectivity index (χ0v) is 19.7. The van der Waals surface area contributed by atoms with E-state index in [-0.39, 0.29) is 29.6 Å². The number of rotatable bonds is 9. The lowest BCUT2D eigenvalue weighted by atomic mass is 9.94. The minimum absolute atomic E-state index is 0. The Hall–Kier alpha value is -1.26. The average Bonchev–Trinajstić information content (AvgIpc) is 2.72. The molecule has 0 spiro atoms. The van der Waals surface area contributed by atoms with Gasteiger partial charge in [-0.1, -0.05) is 0 Å². The van der Waals surface area contributed by atoms with E-state index in [4.69, 9.17) is 23.9 Å². The van der Waals surface area contributed by atoms with Gasteiger partial charge in [0.1, 0.15) is 18.1 Å². The van der Waals surface area contributed by atoms with Crippen molar-refractivity contribution in [2.45, 2.75) is 25.4 Å². The van der Waals surface area contributed by atoms with Crippen LogP contribution in [0.25, 0.3) is 0 Å². The van der Waals surface area contributed by atoms with Crippen molar-refractivity contribution < 1.29 is 18.9 Å². The van der Waals surface area contributed by atoms with Crippen LogP contribution in [0.3, 0.4) is 0 Å². The number of aliphatic imine (C=N–C) groups is 1. The number of ether oxygens (including phenoxy) is 4. The summed E-state index contributed by atoms with van der Waals surface area (Å²) in [6, 6.07) is 7.60. The van der Waals surface area contributed by atoms with Crippen molar-refractivity contribution in [2.75, 3.05) is 60.7 Å². The molecule has 1 aromatic rings. The number of hydrogen-bond donors (Lipinski definition) is 1. The molecule has 0 bridgehead atoms. The first kappa shape index (κ1) is 24.8. The molecule has 1 fully saturated rings. The lowest BCUT2D eigenvalue weighted by Crippen LogP contribution is -2.45. The Labute approximate surface area is 185 Å². The molecule has 1 aromatic carbocycles. The third kappa shape index (κ3) is 7.63. The number of methoxy groups -OCH3 is 2. The van der Waals surface area contributed by atoms with Crippen LogP contribution in [0.4, 0.5) is 0 Å². The van der Waals surface area contributed by atoms with Crippen LogP contribution in [0, 0.1) is 0 Å². The van der Waals surface area contributed by atoms with Crippen molar-refractivity contribution >= 4 is 29.9 Å². The molecule has 1 N–H and O–H groups in total. The first-order chi connectivity index (χ1) is 13.1. The molecule has 0 aromatic heterocycles. The van der Waals surface area contributed by atoms with Crippen molar-refractivity contribution in [3.63, 3.8) is 0 Å². The highest BCUT2D eigenvalue weighted by molar-refractivity contribution is 14.0. The molecule has 0 atom stereocenters. The van der Waals surface area contributed by atoms with Gasteiger partial charge in [0.05, 0.1) is 25.8 Å². The molecule has 8 heteroatoms. The fraction of sp³-hybridized carbons (Fsp3) is 0.650. The third-order valence-electron chi connectivity index (χ3n) is 4.81. The molecule has 7 nitrogen and oxygen atoms in total. The minimum atomic E-state index is -0.223. The molecule has 1 aliphatic rings. The van der Waals surface area contributed by atoms with E-state index in [9.17, 15) is 0 Å². The molecule has 28 heavy (non-hydrogen) atoms. The Morgan fingerprint density at radius 1 is 1.18 bits per heavy atom. The van der Waals surface area contributed by atoms with E-state index >= 15 is 0 Å². The van der Waals surface area contributed by atoms with Gasteiger partial charge >= 0.3 is 0 Å². The maximum absolute atomic E-state index is 5.82. The number of likely N-dealkylation sites (N-methyl/N-ethyl adjacent to an activating group) is 1. The third-order valence-corrected chi connectivity index (χ3v) is 4.81.